The van der Waals surface area contributed by atoms with Gasteiger partial charge in [0.05, 0.1) is 12.2 Å². The van der Waals surface area contributed by atoms with E-state index in [0.29, 0.717) is 11.1 Å². The number of aliphatic hydroxyl groups is 1. The summed E-state index contributed by atoms with van der Waals surface area (Å²) in [5, 5.41) is 7.57. The molecule has 122 valence electrons. The van der Waals surface area contributed by atoms with Crippen LogP contribution in [0.4, 0.5) is 0 Å². The van der Waals surface area contributed by atoms with Gasteiger partial charge in [0.15, 0.2) is 5.78 Å². The van der Waals surface area contributed by atoms with Gasteiger partial charge in [0.2, 0.25) is 0 Å². The number of hydrogen-bond donors (Lipinski definition) is 2. The molecule has 0 aromatic heterocycles. The van der Waals surface area contributed by atoms with Crippen molar-refractivity contribution >= 4 is 24.4 Å². The first kappa shape index (κ1) is 18.9. The van der Waals surface area contributed by atoms with Gasteiger partial charge in [0.25, 0.3) is 0 Å². The van der Waals surface area contributed by atoms with Crippen LogP contribution < -0.4 is 0 Å². The molecule has 23 heavy (non-hydrogen) atoms. The topological polar surface area (TPSA) is 63.6 Å². The Kier molecular flexibility index (Phi) is 8.08. The van der Waals surface area contributed by atoms with E-state index < -0.39 is 5.97 Å². The fourth-order valence-corrected chi connectivity index (χ4v) is 1.99. The summed E-state index contributed by atoms with van der Waals surface area (Å²) >= 11 is 4.18. The molecule has 0 radical (unpaired) electrons. The van der Waals surface area contributed by atoms with Crippen LogP contribution in [-0.4, -0.2) is 30.1 Å². The SMILES string of the molecule is CCO.CCOC(=O)c1ccccc1C(=O)c1ccc(S)cc1. The van der Waals surface area contributed by atoms with Crippen LogP contribution in [0.15, 0.2) is 53.4 Å². The lowest BCUT2D eigenvalue weighted by molar-refractivity contribution is 0.0523. The summed E-state index contributed by atoms with van der Waals surface area (Å²) in [7, 11) is 0. The second kappa shape index (κ2) is 9.82. The van der Waals surface area contributed by atoms with E-state index in [1.165, 1.54) is 0 Å². The van der Waals surface area contributed by atoms with Gasteiger partial charge < -0.3 is 9.84 Å². The molecule has 0 amide bonds. The molecular formula is C18H20O4S. The lowest BCUT2D eigenvalue weighted by atomic mass is 9.98. The van der Waals surface area contributed by atoms with Gasteiger partial charge in [-0.1, -0.05) is 18.2 Å². The molecule has 0 fully saturated rings. The summed E-state index contributed by atoms with van der Waals surface area (Å²) in [5.41, 5.74) is 1.15. The normalized spacial score (nSPS) is 9.57. The quantitative estimate of drug-likeness (QED) is 0.512. The molecule has 0 atom stereocenters. The molecule has 5 heteroatoms. The van der Waals surface area contributed by atoms with Gasteiger partial charge in [-0.3, -0.25) is 4.79 Å². The van der Waals surface area contributed by atoms with Gasteiger partial charge in [0, 0.05) is 22.6 Å². The average molecular weight is 332 g/mol. The molecule has 1 N–H and O–H groups in total. The summed E-state index contributed by atoms with van der Waals surface area (Å²) in [5.74, 6) is -0.691. The lowest BCUT2D eigenvalue weighted by Gasteiger charge is -2.08. The maximum atomic E-state index is 12.5. The van der Waals surface area contributed by atoms with Crippen molar-refractivity contribution in [2.45, 2.75) is 18.7 Å². The highest BCUT2D eigenvalue weighted by Gasteiger charge is 2.18. The van der Waals surface area contributed by atoms with Crippen molar-refractivity contribution in [3.63, 3.8) is 0 Å². The maximum absolute atomic E-state index is 12.5. The van der Waals surface area contributed by atoms with Crippen LogP contribution >= 0.6 is 12.6 Å². The van der Waals surface area contributed by atoms with Crippen LogP contribution in [0.5, 0.6) is 0 Å². The molecule has 0 aliphatic carbocycles. The second-order valence-electron chi connectivity index (χ2n) is 4.46. The molecule has 2 aromatic rings. The summed E-state index contributed by atoms with van der Waals surface area (Å²) in [6.07, 6.45) is 0. The number of ether oxygens (including phenoxy) is 1. The molecule has 2 rings (SSSR count). The zero-order valence-corrected chi connectivity index (χ0v) is 14.0. The van der Waals surface area contributed by atoms with Crippen LogP contribution in [-0.2, 0) is 4.74 Å². The van der Waals surface area contributed by atoms with E-state index in [1.54, 1.807) is 62.4 Å². The third kappa shape index (κ3) is 5.54. The Morgan fingerprint density at radius 1 is 1.00 bits per heavy atom. The first-order valence-corrected chi connectivity index (χ1v) is 7.70. The number of esters is 1. The Bertz CT molecular complexity index is 650. The largest absolute Gasteiger partial charge is 0.462 e. The van der Waals surface area contributed by atoms with E-state index in [4.69, 9.17) is 9.84 Å². The molecule has 4 nitrogen and oxygen atoms in total. The molecule has 0 saturated heterocycles. The highest BCUT2D eigenvalue weighted by Crippen LogP contribution is 2.17. The number of carbonyl (C=O) groups is 2. The molecule has 0 heterocycles. The van der Waals surface area contributed by atoms with Crippen LogP contribution in [0.1, 0.15) is 40.1 Å². The number of carbonyl (C=O) groups excluding carboxylic acids is 2. The fourth-order valence-electron chi connectivity index (χ4n) is 1.84. The highest BCUT2D eigenvalue weighted by molar-refractivity contribution is 7.80. The molecule has 0 spiro atoms. The third-order valence-corrected chi connectivity index (χ3v) is 3.09. The molecule has 0 saturated carbocycles. The first-order chi connectivity index (χ1) is 11.0. The smallest absolute Gasteiger partial charge is 0.338 e. The summed E-state index contributed by atoms with van der Waals surface area (Å²) < 4.78 is 4.97. The summed E-state index contributed by atoms with van der Waals surface area (Å²) in [6.45, 7) is 3.93. The van der Waals surface area contributed by atoms with Crippen molar-refractivity contribution in [2.75, 3.05) is 13.2 Å². The summed E-state index contributed by atoms with van der Waals surface area (Å²) in [6, 6.07) is 13.5. The number of ketones is 1. The Balaban J connectivity index is 0.000000816. The third-order valence-electron chi connectivity index (χ3n) is 2.80. The van der Waals surface area contributed by atoms with E-state index in [0.717, 1.165) is 4.90 Å². The van der Waals surface area contributed by atoms with Crippen LogP contribution in [0.25, 0.3) is 0 Å². The van der Waals surface area contributed by atoms with E-state index >= 15 is 0 Å². The van der Waals surface area contributed by atoms with Crippen LogP contribution in [0.3, 0.4) is 0 Å². The van der Waals surface area contributed by atoms with Crippen LogP contribution in [0.2, 0.25) is 0 Å². The van der Waals surface area contributed by atoms with Gasteiger partial charge in [-0.05, 0) is 44.2 Å². The molecule has 2 aromatic carbocycles. The zero-order valence-electron chi connectivity index (χ0n) is 13.2. The fraction of sp³-hybridized carbons (Fsp3) is 0.222. The van der Waals surface area contributed by atoms with Crippen molar-refractivity contribution in [1.29, 1.82) is 0 Å². The van der Waals surface area contributed by atoms with Crippen molar-refractivity contribution in [3.8, 4) is 0 Å². The van der Waals surface area contributed by atoms with E-state index in [2.05, 4.69) is 12.6 Å². The van der Waals surface area contributed by atoms with Gasteiger partial charge in [-0.25, -0.2) is 4.79 Å². The highest BCUT2D eigenvalue weighted by atomic mass is 32.1. The number of aliphatic hydroxyl groups excluding tert-OH is 1. The number of hydrogen-bond acceptors (Lipinski definition) is 5. The first-order valence-electron chi connectivity index (χ1n) is 7.25. The number of benzene rings is 2. The maximum Gasteiger partial charge on any atom is 0.338 e. The minimum Gasteiger partial charge on any atom is -0.462 e. The van der Waals surface area contributed by atoms with Gasteiger partial charge in [0.1, 0.15) is 0 Å². The summed E-state index contributed by atoms with van der Waals surface area (Å²) in [4.78, 5) is 25.1. The van der Waals surface area contributed by atoms with Crippen molar-refractivity contribution < 1.29 is 19.4 Å². The van der Waals surface area contributed by atoms with Crippen molar-refractivity contribution in [2.24, 2.45) is 0 Å². The minimum absolute atomic E-state index is 0.206. The van der Waals surface area contributed by atoms with Crippen molar-refractivity contribution in [1.82, 2.24) is 0 Å². The molecule has 0 aliphatic heterocycles. The molecule has 0 unspecified atom stereocenters. The lowest BCUT2D eigenvalue weighted by Crippen LogP contribution is -2.12. The van der Waals surface area contributed by atoms with E-state index in [-0.39, 0.29) is 24.6 Å². The average Bonchev–Trinajstić information content (AvgIpc) is 2.56. The monoisotopic (exact) mass is 332 g/mol. The molecule has 0 bridgehead atoms. The Hall–Kier alpha value is -2.11. The minimum atomic E-state index is -0.484. The standard InChI is InChI=1S/C16H14O3S.C2H6O/c1-2-19-16(18)14-6-4-3-5-13(14)15(17)11-7-9-12(20)10-8-11;1-2-3/h3-10,20H,2H2,1H3;3H,2H2,1H3. The Morgan fingerprint density at radius 2 is 1.52 bits per heavy atom. The van der Waals surface area contributed by atoms with Gasteiger partial charge in [-0.15, -0.1) is 12.6 Å². The Morgan fingerprint density at radius 3 is 2.04 bits per heavy atom. The Labute approximate surface area is 141 Å². The molecular weight excluding hydrogens is 312 g/mol. The van der Waals surface area contributed by atoms with Gasteiger partial charge in [-0.2, -0.15) is 0 Å². The zero-order chi connectivity index (χ0) is 17.2. The van der Waals surface area contributed by atoms with Gasteiger partial charge >= 0.3 is 5.97 Å². The molecule has 0 aliphatic rings. The van der Waals surface area contributed by atoms with E-state index in [1.807, 2.05) is 0 Å². The van der Waals surface area contributed by atoms with Crippen LogP contribution in [0, 0.1) is 0 Å². The number of thiol groups is 1. The number of rotatable bonds is 4. The van der Waals surface area contributed by atoms with Crippen molar-refractivity contribution in [3.05, 3.63) is 65.2 Å². The van der Waals surface area contributed by atoms with E-state index in [9.17, 15) is 9.59 Å². The predicted octanol–water partition coefficient (Wildman–Crippen LogP) is 3.38. The predicted molar refractivity (Wildman–Crippen MR) is 92.3 cm³/mol. The second-order valence-corrected chi connectivity index (χ2v) is 4.97.